The Morgan fingerprint density at radius 3 is 2.76 bits per heavy atom. The molecule has 1 aliphatic heterocycles. The number of amides is 2. The van der Waals surface area contributed by atoms with E-state index in [0.717, 1.165) is 5.56 Å². The number of benzene rings is 1. The van der Waals surface area contributed by atoms with Gasteiger partial charge in [-0.15, -0.1) is 0 Å². The monoisotopic (exact) mass is 363 g/mol. The summed E-state index contributed by atoms with van der Waals surface area (Å²) in [4.78, 5) is 37.3. The van der Waals surface area contributed by atoms with Gasteiger partial charge in [-0.25, -0.2) is 0 Å². The number of hydrogen-bond donors (Lipinski definition) is 2. The Morgan fingerprint density at radius 2 is 2.08 bits per heavy atom. The SMILES string of the molecule is CCC(=O)NC(=S)N1CCNC(=O)C1CC(=O)OCc1ccccc1. The minimum Gasteiger partial charge on any atom is -0.461 e. The minimum atomic E-state index is -0.790. The smallest absolute Gasteiger partial charge is 0.308 e. The van der Waals surface area contributed by atoms with Gasteiger partial charge in [-0.2, -0.15) is 0 Å². The molecule has 0 radical (unpaired) electrons. The molecule has 1 heterocycles. The van der Waals surface area contributed by atoms with Gasteiger partial charge in [0.1, 0.15) is 12.6 Å². The van der Waals surface area contributed by atoms with Crippen LogP contribution >= 0.6 is 12.2 Å². The van der Waals surface area contributed by atoms with Gasteiger partial charge in [0.05, 0.1) is 6.42 Å². The highest BCUT2D eigenvalue weighted by molar-refractivity contribution is 7.80. The average Bonchev–Trinajstić information content (AvgIpc) is 2.62. The fraction of sp³-hybridized carbons (Fsp3) is 0.412. The minimum absolute atomic E-state index is 0.138. The zero-order valence-electron chi connectivity index (χ0n) is 14.0. The van der Waals surface area contributed by atoms with Gasteiger partial charge < -0.3 is 20.3 Å². The second-order valence-corrected chi connectivity index (χ2v) is 5.94. The van der Waals surface area contributed by atoms with E-state index in [1.54, 1.807) is 11.8 Å². The van der Waals surface area contributed by atoms with E-state index in [2.05, 4.69) is 10.6 Å². The van der Waals surface area contributed by atoms with Crippen LogP contribution < -0.4 is 10.6 Å². The molecule has 1 fully saturated rings. The molecule has 0 bridgehead atoms. The zero-order valence-corrected chi connectivity index (χ0v) is 14.8. The van der Waals surface area contributed by atoms with Gasteiger partial charge in [0.15, 0.2) is 5.11 Å². The third-order valence-electron chi connectivity index (χ3n) is 3.76. The lowest BCUT2D eigenvalue weighted by Gasteiger charge is -2.36. The summed E-state index contributed by atoms with van der Waals surface area (Å²) < 4.78 is 5.23. The Bertz CT molecular complexity index is 651. The van der Waals surface area contributed by atoms with E-state index < -0.39 is 12.0 Å². The third kappa shape index (κ3) is 5.53. The predicted molar refractivity (Wildman–Crippen MR) is 95.4 cm³/mol. The number of hydrogen-bond acceptors (Lipinski definition) is 5. The molecule has 1 aliphatic rings. The van der Waals surface area contributed by atoms with Crippen molar-refractivity contribution in [2.75, 3.05) is 13.1 Å². The van der Waals surface area contributed by atoms with Crippen LogP contribution in [0, 0.1) is 0 Å². The first-order valence-corrected chi connectivity index (χ1v) is 8.49. The first-order chi connectivity index (χ1) is 12.0. The molecule has 0 spiro atoms. The summed E-state index contributed by atoms with van der Waals surface area (Å²) in [5, 5.41) is 5.43. The van der Waals surface area contributed by atoms with Gasteiger partial charge in [0.25, 0.3) is 0 Å². The molecule has 2 N–H and O–H groups in total. The maximum Gasteiger partial charge on any atom is 0.308 e. The van der Waals surface area contributed by atoms with E-state index in [-0.39, 0.29) is 36.4 Å². The van der Waals surface area contributed by atoms with Crippen molar-refractivity contribution in [1.29, 1.82) is 0 Å². The fourth-order valence-corrected chi connectivity index (χ4v) is 2.73. The van der Waals surface area contributed by atoms with E-state index in [1.165, 1.54) is 0 Å². The molecule has 1 aromatic rings. The first kappa shape index (κ1) is 18.9. The van der Waals surface area contributed by atoms with Crippen molar-refractivity contribution in [3.05, 3.63) is 35.9 Å². The highest BCUT2D eigenvalue weighted by atomic mass is 32.1. The molecule has 134 valence electrons. The van der Waals surface area contributed by atoms with Crippen molar-refractivity contribution in [2.24, 2.45) is 0 Å². The number of carbonyl (C=O) groups excluding carboxylic acids is 3. The van der Waals surface area contributed by atoms with Gasteiger partial charge >= 0.3 is 5.97 Å². The number of esters is 1. The average molecular weight is 363 g/mol. The summed E-state index contributed by atoms with van der Waals surface area (Å²) in [6.45, 7) is 2.67. The van der Waals surface area contributed by atoms with Crippen LogP contribution in [0.2, 0.25) is 0 Å². The highest BCUT2D eigenvalue weighted by Gasteiger charge is 2.34. The Morgan fingerprint density at radius 1 is 1.36 bits per heavy atom. The second-order valence-electron chi connectivity index (χ2n) is 5.56. The highest BCUT2D eigenvalue weighted by Crippen LogP contribution is 2.12. The molecule has 1 saturated heterocycles. The zero-order chi connectivity index (χ0) is 18.2. The van der Waals surface area contributed by atoms with Crippen LogP contribution in [0.5, 0.6) is 0 Å². The molecule has 1 unspecified atom stereocenters. The number of ether oxygens (including phenoxy) is 1. The summed E-state index contributed by atoms with van der Waals surface area (Å²) in [6, 6.07) is 8.50. The van der Waals surface area contributed by atoms with E-state index in [1.807, 2.05) is 30.3 Å². The van der Waals surface area contributed by atoms with Gasteiger partial charge in [-0.1, -0.05) is 37.3 Å². The quantitative estimate of drug-likeness (QED) is 0.592. The van der Waals surface area contributed by atoms with E-state index in [9.17, 15) is 14.4 Å². The fourth-order valence-electron chi connectivity index (χ4n) is 2.40. The molecule has 0 saturated carbocycles. The summed E-state index contributed by atoms with van der Waals surface area (Å²) in [6.07, 6.45) is 0.144. The van der Waals surface area contributed by atoms with Crippen molar-refractivity contribution in [3.63, 3.8) is 0 Å². The van der Waals surface area contributed by atoms with Crippen LogP contribution in [0.1, 0.15) is 25.3 Å². The summed E-state index contributed by atoms with van der Waals surface area (Å²) in [7, 11) is 0. The Labute approximate surface area is 151 Å². The van der Waals surface area contributed by atoms with Crippen LogP contribution in [0.4, 0.5) is 0 Å². The number of nitrogens with one attached hydrogen (secondary N) is 2. The number of piperazine rings is 1. The lowest BCUT2D eigenvalue weighted by molar-refractivity contribution is -0.148. The molecule has 25 heavy (non-hydrogen) atoms. The molecule has 8 heteroatoms. The van der Waals surface area contributed by atoms with Crippen LogP contribution in [-0.4, -0.2) is 46.9 Å². The maximum absolute atomic E-state index is 12.1. The van der Waals surface area contributed by atoms with Gasteiger partial charge in [-0.3, -0.25) is 14.4 Å². The van der Waals surface area contributed by atoms with Gasteiger partial charge in [0, 0.05) is 19.5 Å². The lowest BCUT2D eigenvalue weighted by atomic mass is 10.1. The molecule has 7 nitrogen and oxygen atoms in total. The maximum atomic E-state index is 12.1. The molecule has 1 atom stereocenters. The van der Waals surface area contributed by atoms with Gasteiger partial charge in [-0.05, 0) is 17.8 Å². The number of nitrogens with zero attached hydrogens (tertiary/aromatic N) is 1. The van der Waals surface area contributed by atoms with Crippen LogP contribution in [0.25, 0.3) is 0 Å². The van der Waals surface area contributed by atoms with Gasteiger partial charge in [0.2, 0.25) is 11.8 Å². The Kier molecular flexibility index (Phi) is 6.88. The van der Waals surface area contributed by atoms with Crippen molar-refractivity contribution >= 4 is 35.1 Å². The predicted octanol–water partition coefficient (Wildman–Crippen LogP) is 0.731. The summed E-state index contributed by atoms with van der Waals surface area (Å²) in [5.41, 5.74) is 0.867. The van der Waals surface area contributed by atoms with Crippen LogP contribution in [0.3, 0.4) is 0 Å². The molecular weight excluding hydrogens is 342 g/mol. The summed E-state index contributed by atoms with van der Waals surface area (Å²) in [5.74, 6) is -1.04. The van der Waals surface area contributed by atoms with Crippen molar-refractivity contribution < 1.29 is 19.1 Å². The lowest BCUT2D eigenvalue weighted by Crippen LogP contribution is -2.60. The van der Waals surface area contributed by atoms with Crippen LogP contribution in [-0.2, 0) is 25.7 Å². The first-order valence-electron chi connectivity index (χ1n) is 8.09. The summed E-state index contributed by atoms with van der Waals surface area (Å²) >= 11 is 5.20. The van der Waals surface area contributed by atoms with E-state index >= 15 is 0 Å². The number of thiocarbonyl (C=S) groups is 1. The van der Waals surface area contributed by atoms with Crippen molar-refractivity contribution in [1.82, 2.24) is 15.5 Å². The molecular formula is C17H21N3O4S. The molecule has 2 rings (SSSR count). The standard InChI is InChI=1S/C17H21N3O4S/c1-2-14(21)19-17(25)20-9-8-18-16(23)13(20)10-15(22)24-11-12-6-4-3-5-7-12/h3-7,13H,2,8-11H2,1H3,(H,18,23)(H,19,21,25). The largest absolute Gasteiger partial charge is 0.461 e. The Balaban J connectivity index is 1.95. The molecule has 0 aromatic heterocycles. The molecule has 1 aromatic carbocycles. The van der Waals surface area contributed by atoms with Crippen LogP contribution in [0.15, 0.2) is 30.3 Å². The van der Waals surface area contributed by atoms with E-state index in [4.69, 9.17) is 17.0 Å². The van der Waals surface area contributed by atoms with Crippen molar-refractivity contribution in [2.45, 2.75) is 32.4 Å². The number of rotatable bonds is 5. The Hall–Kier alpha value is -2.48. The molecule has 2 amide bonds. The normalized spacial score (nSPS) is 16.8. The topological polar surface area (TPSA) is 87.7 Å². The third-order valence-corrected chi connectivity index (χ3v) is 4.10. The number of carbonyl (C=O) groups is 3. The van der Waals surface area contributed by atoms with E-state index in [0.29, 0.717) is 13.1 Å². The molecule has 0 aliphatic carbocycles. The van der Waals surface area contributed by atoms with Crippen molar-refractivity contribution in [3.8, 4) is 0 Å². The second kappa shape index (κ2) is 9.12.